The molecule has 0 aromatic heterocycles. The number of hydrogen-bond acceptors (Lipinski definition) is 6. The Labute approximate surface area is 205 Å². The van der Waals surface area contributed by atoms with E-state index in [-0.39, 0.29) is 24.0 Å². The lowest BCUT2D eigenvalue weighted by Gasteiger charge is -2.25. The van der Waals surface area contributed by atoms with Gasteiger partial charge in [-0.1, -0.05) is 43.3 Å². The van der Waals surface area contributed by atoms with Gasteiger partial charge >= 0.3 is 12.1 Å². The van der Waals surface area contributed by atoms with E-state index >= 15 is 0 Å². The van der Waals surface area contributed by atoms with Crippen LogP contribution in [0.4, 0.5) is 10.5 Å². The molecule has 0 bridgehead atoms. The molecule has 3 rings (SSSR count). The lowest BCUT2D eigenvalue weighted by Crippen LogP contribution is -2.23. The summed E-state index contributed by atoms with van der Waals surface area (Å²) in [6.07, 6.45) is -0.936. The van der Waals surface area contributed by atoms with E-state index in [4.69, 9.17) is 9.47 Å². The number of amides is 1. The van der Waals surface area contributed by atoms with Crippen molar-refractivity contribution in [2.75, 3.05) is 17.7 Å². The molecule has 2 atom stereocenters. The second kappa shape index (κ2) is 11.4. The summed E-state index contributed by atoms with van der Waals surface area (Å²) in [5.41, 5.74) is 1.13. The molecule has 0 radical (unpaired) electrons. The summed E-state index contributed by atoms with van der Waals surface area (Å²) in [4.78, 5) is 24.2. The van der Waals surface area contributed by atoms with Crippen LogP contribution in [0.25, 0.3) is 10.8 Å². The zero-order valence-corrected chi connectivity index (χ0v) is 20.5. The highest BCUT2D eigenvalue weighted by atomic mass is 127. The summed E-state index contributed by atoms with van der Waals surface area (Å²) in [6, 6.07) is 18.5. The molecular formula is C24H24INO5S. The van der Waals surface area contributed by atoms with Gasteiger partial charge in [-0.15, -0.1) is 0 Å². The number of anilines is 1. The van der Waals surface area contributed by atoms with Gasteiger partial charge in [-0.25, -0.2) is 4.79 Å². The van der Waals surface area contributed by atoms with E-state index in [0.29, 0.717) is 17.7 Å². The van der Waals surface area contributed by atoms with Gasteiger partial charge in [0.15, 0.2) is 0 Å². The number of halogens is 1. The zero-order chi connectivity index (χ0) is 23.1. The Hall–Kier alpha value is -2.46. The predicted octanol–water partition coefficient (Wildman–Crippen LogP) is 5.94. The van der Waals surface area contributed by atoms with E-state index in [1.54, 1.807) is 18.2 Å². The van der Waals surface area contributed by atoms with Gasteiger partial charge in [0.1, 0.15) is 11.9 Å². The van der Waals surface area contributed by atoms with Gasteiger partial charge < -0.3 is 14.6 Å². The molecule has 0 saturated heterocycles. The molecule has 8 heteroatoms. The monoisotopic (exact) mass is 565 g/mol. The molecule has 0 spiro atoms. The van der Waals surface area contributed by atoms with Crippen molar-refractivity contribution < 1.29 is 24.2 Å². The van der Waals surface area contributed by atoms with Crippen LogP contribution in [0.5, 0.6) is 5.75 Å². The predicted molar refractivity (Wildman–Crippen MR) is 136 cm³/mol. The summed E-state index contributed by atoms with van der Waals surface area (Å²) in [5.74, 6) is -0.610. The normalized spacial score (nSPS) is 12.7. The maximum absolute atomic E-state index is 12.9. The first kappa shape index (κ1) is 24.2. The van der Waals surface area contributed by atoms with Gasteiger partial charge in [0.2, 0.25) is 0 Å². The summed E-state index contributed by atoms with van der Waals surface area (Å²) in [7, 11) is 0. The number of carbonyl (C=O) groups is 2. The summed E-state index contributed by atoms with van der Waals surface area (Å²) in [5, 5.41) is 15.1. The van der Waals surface area contributed by atoms with Crippen molar-refractivity contribution in [1.29, 1.82) is 0 Å². The minimum atomic E-state index is -0.741. The van der Waals surface area contributed by atoms with Crippen molar-refractivity contribution in [1.82, 2.24) is 0 Å². The standard InChI is InChI=1S/C24H24INO5S/c1-15(11-12-30-22(28)14-32)23(19-13-17(25)9-10-21(19)27)31-24(29)26-20-8-4-6-16-5-2-3-7-18(16)20/h2-10,13,15,23,27,32H,11-12,14H2,1H3,(H,26,29)/t15-,23-/m1/s1. The highest BCUT2D eigenvalue weighted by Gasteiger charge is 2.27. The number of esters is 1. The number of aromatic hydroxyl groups is 1. The van der Waals surface area contributed by atoms with Crippen molar-refractivity contribution in [3.05, 3.63) is 69.8 Å². The van der Waals surface area contributed by atoms with Crippen LogP contribution < -0.4 is 5.32 Å². The number of hydrogen-bond donors (Lipinski definition) is 3. The van der Waals surface area contributed by atoms with Crippen molar-refractivity contribution in [2.24, 2.45) is 5.92 Å². The first-order valence-corrected chi connectivity index (χ1v) is 11.8. The van der Waals surface area contributed by atoms with Gasteiger partial charge in [0.05, 0.1) is 18.0 Å². The largest absolute Gasteiger partial charge is 0.508 e. The second-order valence-electron chi connectivity index (χ2n) is 7.33. The molecule has 0 heterocycles. The molecule has 3 aromatic rings. The number of nitrogens with one attached hydrogen (secondary N) is 1. The van der Waals surface area contributed by atoms with Crippen LogP contribution in [0.2, 0.25) is 0 Å². The Morgan fingerprint density at radius 2 is 1.88 bits per heavy atom. The van der Waals surface area contributed by atoms with Crippen molar-refractivity contribution in [2.45, 2.75) is 19.4 Å². The second-order valence-corrected chi connectivity index (χ2v) is 8.89. The molecule has 32 heavy (non-hydrogen) atoms. The van der Waals surface area contributed by atoms with Crippen molar-refractivity contribution in [3.63, 3.8) is 0 Å². The third-order valence-electron chi connectivity index (χ3n) is 5.04. The van der Waals surface area contributed by atoms with E-state index in [2.05, 4.69) is 40.5 Å². The quantitative estimate of drug-likeness (QED) is 0.179. The van der Waals surface area contributed by atoms with E-state index in [1.807, 2.05) is 49.4 Å². The van der Waals surface area contributed by atoms with Crippen molar-refractivity contribution >= 4 is 63.7 Å². The molecule has 0 fully saturated rings. The maximum atomic E-state index is 12.9. The van der Waals surface area contributed by atoms with Crippen molar-refractivity contribution in [3.8, 4) is 5.75 Å². The Balaban J connectivity index is 1.80. The van der Waals surface area contributed by atoms with Crippen LogP contribution in [0.1, 0.15) is 25.0 Å². The number of benzene rings is 3. The van der Waals surface area contributed by atoms with Gasteiger partial charge in [-0.3, -0.25) is 10.1 Å². The first-order chi connectivity index (χ1) is 15.4. The lowest BCUT2D eigenvalue weighted by atomic mass is 9.94. The number of carbonyl (C=O) groups excluding carboxylic acids is 2. The fraction of sp³-hybridized carbons (Fsp3) is 0.250. The lowest BCUT2D eigenvalue weighted by molar-refractivity contribution is -0.141. The maximum Gasteiger partial charge on any atom is 0.412 e. The van der Waals surface area contributed by atoms with Crippen LogP contribution in [-0.4, -0.2) is 29.5 Å². The Morgan fingerprint density at radius 1 is 1.12 bits per heavy atom. The highest BCUT2D eigenvalue weighted by Crippen LogP contribution is 2.36. The van der Waals surface area contributed by atoms with Crippen LogP contribution in [-0.2, 0) is 14.3 Å². The molecule has 168 valence electrons. The molecule has 0 aliphatic carbocycles. The molecule has 0 unspecified atom stereocenters. The number of phenolic OH excluding ortho intramolecular Hbond substituents is 1. The third kappa shape index (κ3) is 6.29. The number of phenols is 1. The number of fused-ring (bicyclic) bond motifs is 1. The average Bonchev–Trinajstić information content (AvgIpc) is 2.79. The van der Waals surface area contributed by atoms with Crippen LogP contribution in [0.3, 0.4) is 0 Å². The van der Waals surface area contributed by atoms with E-state index in [0.717, 1.165) is 14.3 Å². The van der Waals surface area contributed by atoms with Gasteiger partial charge in [-0.05, 0) is 58.7 Å². The molecular weight excluding hydrogens is 541 g/mol. The van der Waals surface area contributed by atoms with Gasteiger partial charge in [0, 0.05) is 20.4 Å². The Kier molecular flexibility index (Phi) is 8.63. The van der Waals surface area contributed by atoms with E-state index in [9.17, 15) is 14.7 Å². The average molecular weight is 565 g/mol. The molecule has 1 amide bonds. The van der Waals surface area contributed by atoms with Crippen LogP contribution in [0.15, 0.2) is 60.7 Å². The fourth-order valence-corrected chi connectivity index (χ4v) is 3.99. The highest BCUT2D eigenvalue weighted by molar-refractivity contribution is 14.1. The zero-order valence-electron chi connectivity index (χ0n) is 17.5. The number of rotatable bonds is 8. The minimum Gasteiger partial charge on any atom is -0.508 e. The summed E-state index contributed by atoms with van der Waals surface area (Å²) in [6.45, 7) is 2.04. The summed E-state index contributed by atoms with van der Waals surface area (Å²) >= 11 is 6.03. The Bertz CT molecular complexity index is 1100. The molecule has 3 aromatic carbocycles. The van der Waals surface area contributed by atoms with E-state index in [1.165, 1.54) is 0 Å². The van der Waals surface area contributed by atoms with Crippen LogP contribution in [0, 0.1) is 9.49 Å². The van der Waals surface area contributed by atoms with E-state index < -0.39 is 18.2 Å². The third-order valence-corrected chi connectivity index (χ3v) is 5.97. The van der Waals surface area contributed by atoms with Crippen LogP contribution >= 0.6 is 35.2 Å². The van der Waals surface area contributed by atoms with Gasteiger partial charge in [-0.2, -0.15) is 12.6 Å². The first-order valence-electron chi connectivity index (χ1n) is 10.1. The molecule has 2 N–H and O–H groups in total. The smallest absolute Gasteiger partial charge is 0.412 e. The number of thiol groups is 1. The Morgan fingerprint density at radius 3 is 2.66 bits per heavy atom. The molecule has 0 aliphatic heterocycles. The molecule has 6 nitrogen and oxygen atoms in total. The number of ether oxygens (including phenoxy) is 2. The fourth-order valence-electron chi connectivity index (χ4n) is 3.38. The van der Waals surface area contributed by atoms with Gasteiger partial charge in [0.25, 0.3) is 0 Å². The minimum absolute atomic E-state index is 0.000579. The molecule has 0 aliphatic rings. The molecule has 0 saturated carbocycles. The topological polar surface area (TPSA) is 84.9 Å². The SMILES string of the molecule is C[C@H](CCOC(=O)CS)[C@@H](OC(=O)Nc1cccc2ccccc12)c1cc(I)ccc1O. The summed E-state index contributed by atoms with van der Waals surface area (Å²) < 4.78 is 11.8.